The smallest absolute Gasteiger partial charge is 0.338 e. The van der Waals surface area contributed by atoms with Crippen molar-refractivity contribution in [3.05, 3.63) is 76.3 Å². The van der Waals surface area contributed by atoms with Crippen LogP contribution in [0.4, 0.5) is 5.69 Å². The van der Waals surface area contributed by atoms with E-state index in [9.17, 15) is 19.2 Å². The van der Waals surface area contributed by atoms with Gasteiger partial charge in [0, 0.05) is 10.6 Å². The maximum atomic E-state index is 12.9. The molecule has 6 nitrogen and oxygen atoms in total. The van der Waals surface area contributed by atoms with Crippen molar-refractivity contribution in [3.63, 3.8) is 0 Å². The number of carbonyl (C=O) groups excluding carboxylic acids is 4. The second-order valence-electron chi connectivity index (χ2n) is 7.77. The van der Waals surface area contributed by atoms with Crippen LogP contribution in [0.3, 0.4) is 0 Å². The van der Waals surface area contributed by atoms with Crippen LogP contribution < -0.4 is 4.90 Å². The first-order valence-corrected chi connectivity index (χ1v) is 10.3. The SMILES string of the molecule is CC1=CC[C@@H]2C(=O)N(c3cccc(C(=O)OCC(=O)c4ccc(Cl)cc4)c3)C(=O)[C@@H]2C1. The van der Waals surface area contributed by atoms with E-state index in [1.807, 2.05) is 13.0 Å². The summed E-state index contributed by atoms with van der Waals surface area (Å²) in [7, 11) is 0. The van der Waals surface area contributed by atoms with Gasteiger partial charge in [-0.05, 0) is 62.2 Å². The Labute approximate surface area is 184 Å². The molecular weight excluding hydrogens is 418 g/mol. The summed E-state index contributed by atoms with van der Waals surface area (Å²) in [6.45, 7) is 1.53. The second-order valence-corrected chi connectivity index (χ2v) is 8.21. The Bertz CT molecular complexity index is 1110. The van der Waals surface area contributed by atoms with E-state index in [0.717, 1.165) is 10.5 Å². The first kappa shape index (κ1) is 21.0. The van der Waals surface area contributed by atoms with Crippen LogP contribution in [0, 0.1) is 11.8 Å². The van der Waals surface area contributed by atoms with Gasteiger partial charge in [-0.1, -0.05) is 29.3 Å². The molecule has 0 spiro atoms. The molecule has 158 valence electrons. The Morgan fingerprint density at radius 1 is 1.03 bits per heavy atom. The Morgan fingerprint density at radius 3 is 2.48 bits per heavy atom. The van der Waals surface area contributed by atoms with E-state index in [1.54, 1.807) is 36.4 Å². The molecule has 4 rings (SSSR count). The van der Waals surface area contributed by atoms with Gasteiger partial charge in [0.1, 0.15) is 0 Å². The summed E-state index contributed by atoms with van der Waals surface area (Å²) in [4.78, 5) is 51.6. The standard InChI is InChI=1S/C24H20ClNO5/c1-14-5-10-19-20(11-14)23(29)26(22(19)28)18-4-2-3-16(12-18)24(30)31-13-21(27)15-6-8-17(25)9-7-15/h2-9,12,19-20H,10-11,13H2,1H3/t19-,20+/m0/s1. The van der Waals surface area contributed by atoms with E-state index in [2.05, 4.69) is 0 Å². The highest BCUT2D eigenvalue weighted by molar-refractivity contribution is 6.30. The fourth-order valence-corrected chi connectivity index (χ4v) is 4.12. The molecule has 2 aliphatic rings. The molecule has 0 bridgehead atoms. The molecule has 1 saturated heterocycles. The summed E-state index contributed by atoms with van der Waals surface area (Å²) >= 11 is 5.81. The number of ether oxygens (including phenoxy) is 1. The van der Waals surface area contributed by atoms with E-state index in [-0.39, 0.29) is 35.0 Å². The zero-order chi connectivity index (χ0) is 22.1. The lowest BCUT2D eigenvalue weighted by Gasteiger charge is -2.18. The summed E-state index contributed by atoms with van der Waals surface area (Å²) in [6, 6.07) is 12.4. The highest BCUT2D eigenvalue weighted by Gasteiger charge is 2.48. The number of imide groups is 1. The lowest BCUT2D eigenvalue weighted by Crippen LogP contribution is -2.31. The lowest BCUT2D eigenvalue weighted by molar-refractivity contribution is -0.122. The third-order valence-corrected chi connectivity index (χ3v) is 5.92. The summed E-state index contributed by atoms with van der Waals surface area (Å²) in [6.07, 6.45) is 3.12. The molecule has 0 radical (unpaired) electrons. The zero-order valence-corrected chi connectivity index (χ0v) is 17.6. The van der Waals surface area contributed by atoms with Crippen molar-refractivity contribution in [3.8, 4) is 0 Å². The van der Waals surface area contributed by atoms with Crippen LogP contribution in [-0.2, 0) is 14.3 Å². The van der Waals surface area contributed by atoms with Gasteiger partial charge in [0.05, 0.1) is 23.1 Å². The van der Waals surface area contributed by atoms with E-state index in [1.165, 1.54) is 12.1 Å². The predicted octanol–water partition coefficient (Wildman–Crippen LogP) is 4.23. The maximum absolute atomic E-state index is 12.9. The van der Waals surface area contributed by atoms with Gasteiger partial charge in [0.25, 0.3) is 0 Å². The van der Waals surface area contributed by atoms with E-state index in [4.69, 9.17) is 16.3 Å². The van der Waals surface area contributed by atoms with E-state index >= 15 is 0 Å². The van der Waals surface area contributed by atoms with Crippen LogP contribution in [0.15, 0.2) is 60.2 Å². The fraction of sp³-hybridized carbons (Fsp3) is 0.250. The molecule has 0 unspecified atom stereocenters. The predicted molar refractivity (Wildman–Crippen MR) is 115 cm³/mol. The minimum Gasteiger partial charge on any atom is -0.454 e. The number of allylic oxidation sites excluding steroid dienone is 2. The minimum absolute atomic E-state index is 0.159. The zero-order valence-electron chi connectivity index (χ0n) is 16.8. The molecule has 2 aromatic rings. The number of fused-ring (bicyclic) bond motifs is 1. The number of ketones is 1. The Hall–Kier alpha value is -3.25. The minimum atomic E-state index is -0.710. The van der Waals surface area contributed by atoms with Crippen LogP contribution in [0.25, 0.3) is 0 Å². The van der Waals surface area contributed by atoms with Crippen molar-refractivity contribution < 1.29 is 23.9 Å². The third-order valence-electron chi connectivity index (χ3n) is 5.66. The molecule has 1 fully saturated rings. The molecule has 0 aromatic heterocycles. The van der Waals surface area contributed by atoms with Crippen molar-refractivity contribution in [2.75, 3.05) is 11.5 Å². The number of carbonyl (C=O) groups is 4. The molecule has 0 N–H and O–H groups in total. The maximum Gasteiger partial charge on any atom is 0.338 e. The molecular formula is C24H20ClNO5. The summed E-state index contributed by atoms with van der Waals surface area (Å²) in [5.41, 5.74) is 1.98. The first-order chi connectivity index (χ1) is 14.8. The number of hydrogen-bond acceptors (Lipinski definition) is 5. The number of anilines is 1. The molecule has 1 aliphatic carbocycles. The number of amides is 2. The molecule has 2 atom stereocenters. The van der Waals surface area contributed by atoms with Crippen molar-refractivity contribution in [2.45, 2.75) is 19.8 Å². The Morgan fingerprint density at radius 2 is 1.74 bits per heavy atom. The van der Waals surface area contributed by atoms with Gasteiger partial charge in [-0.2, -0.15) is 0 Å². The van der Waals surface area contributed by atoms with Gasteiger partial charge < -0.3 is 4.74 Å². The summed E-state index contributed by atoms with van der Waals surface area (Å²) in [5.74, 6) is -2.28. The van der Waals surface area contributed by atoms with Gasteiger partial charge >= 0.3 is 5.97 Å². The van der Waals surface area contributed by atoms with Crippen LogP contribution in [-0.4, -0.2) is 30.2 Å². The lowest BCUT2D eigenvalue weighted by atomic mass is 9.82. The average Bonchev–Trinajstić information content (AvgIpc) is 3.01. The highest BCUT2D eigenvalue weighted by atomic mass is 35.5. The van der Waals surface area contributed by atoms with E-state index in [0.29, 0.717) is 29.1 Å². The van der Waals surface area contributed by atoms with Gasteiger partial charge in [0.2, 0.25) is 11.8 Å². The molecule has 2 amide bonds. The topological polar surface area (TPSA) is 80.8 Å². The molecule has 2 aromatic carbocycles. The van der Waals surface area contributed by atoms with Gasteiger partial charge in [0.15, 0.2) is 12.4 Å². The number of Topliss-reactive ketones (excluding diaryl/α,β-unsaturated/α-hetero) is 1. The van der Waals surface area contributed by atoms with E-state index < -0.39 is 12.6 Å². The monoisotopic (exact) mass is 437 g/mol. The number of benzene rings is 2. The first-order valence-electron chi connectivity index (χ1n) is 9.94. The second kappa shape index (κ2) is 8.47. The Balaban J connectivity index is 1.46. The van der Waals surface area contributed by atoms with Crippen LogP contribution in [0.5, 0.6) is 0 Å². The average molecular weight is 438 g/mol. The van der Waals surface area contributed by atoms with Crippen LogP contribution in [0.2, 0.25) is 5.02 Å². The quantitative estimate of drug-likeness (QED) is 0.303. The molecule has 1 heterocycles. The molecule has 7 heteroatoms. The van der Waals surface area contributed by atoms with Crippen molar-refractivity contribution in [1.29, 1.82) is 0 Å². The van der Waals surface area contributed by atoms with Crippen molar-refractivity contribution >= 4 is 40.9 Å². The third kappa shape index (κ3) is 4.16. The normalized spacial score (nSPS) is 20.3. The number of rotatable bonds is 5. The number of hydrogen-bond donors (Lipinski definition) is 0. The van der Waals surface area contributed by atoms with Gasteiger partial charge in [-0.25, -0.2) is 4.79 Å². The number of esters is 1. The van der Waals surface area contributed by atoms with Gasteiger partial charge in [-0.3, -0.25) is 19.3 Å². The summed E-state index contributed by atoms with van der Waals surface area (Å²) in [5, 5.41) is 0.502. The van der Waals surface area contributed by atoms with Gasteiger partial charge in [-0.15, -0.1) is 0 Å². The molecule has 0 saturated carbocycles. The fourth-order valence-electron chi connectivity index (χ4n) is 4.00. The number of nitrogens with zero attached hydrogens (tertiary/aromatic N) is 1. The highest BCUT2D eigenvalue weighted by Crippen LogP contribution is 2.39. The van der Waals surface area contributed by atoms with Crippen LogP contribution >= 0.6 is 11.6 Å². The largest absolute Gasteiger partial charge is 0.454 e. The van der Waals surface area contributed by atoms with Crippen LogP contribution in [0.1, 0.15) is 40.5 Å². The number of halogens is 1. The summed E-state index contributed by atoms with van der Waals surface area (Å²) < 4.78 is 5.14. The van der Waals surface area contributed by atoms with Crippen molar-refractivity contribution in [2.24, 2.45) is 11.8 Å². The molecule has 1 aliphatic heterocycles. The Kier molecular flexibility index (Phi) is 5.74. The molecule has 31 heavy (non-hydrogen) atoms. The van der Waals surface area contributed by atoms with Crippen molar-refractivity contribution in [1.82, 2.24) is 0 Å².